The number of nitrogens with zero attached hydrogens (tertiary/aromatic N) is 4. The highest BCUT2D eigenvalue weighted by molar-refractivity contribution is 5.75. The lowest BCUT2D eigenvalue weighted by molar-refractivity contribution is -0.00503. The van der Waals surface area contributed by atoms with Crippen LogP contribution in [0.3, 0.4) is 0 Å². The molecular formula is C20H26N4O2. The van der Waals surface area contributed by atoms with Crippen LogP contribution in [0.1, 0.15) is 68.7 Å². The molecule has 1 atom stereocenters. The van der Waals surface area contributed by atoms with E-state index < -0.39 is 5.60 Å². The highest BCUT2D eigenvalue weighted by atomic mass is 16.3. The van der Waals surface area contributed by atoms with Crippen molar-refractivity contribution in [2.24, 2.45) is 0 Å². The third-order valence-electron chi connectivity index (χ3n) is 5.75. The fourth-order valence-corrected chi connectivity index (χ4v) is 4.26. The average Bonchev–Trinajstić information content (AvgIpc) is 3.20. The molecular weight excluding hydrogens is 328 g/mol. The van der Waals surface area contributed by atoms with Crippen LogP contribution in [0.5, 0.6) is 0 Å². The van der Waals surface area contributed by atoms with Crippen LogP contribution in [0.4, 0.5) is 4.79 Å². The van der Waals surface area contributed by atoms with Gasteiger partial charge >= 0.3 is 6.03 Å². The fourth-order valence-electron chi connectivity index (χ4n) is 4.26. The van der Waals surface area contributed by atoms with Crippen molar-refractivity contribution in [2.75, 3.05) is 6.54 Å². The van der Waals surface area contributed by atoms with Crippen molar-refractivity contribution in [1.29, 1.82) is 0 Å². The van der Waals surface area contributed by atoms with Crippen LogP contribution < -0.4 is 0 Å². The summed E-state index contributed by atoms with van der Waals surface area (Å²) >= 11 is 0. The predicted octanol–water partition coefficient (Wildman–Crippen LogP) is 3.63. The fraction of sp³-hybridized carbons (Fsp3) is 0.550. The van der Waals surface area contributed by atoms with Crippen LogP contribution in [-0.4, -0.2) is 37.6 Å². The molecule has 0 spiro atoms. The number of aromatic nitrogens is 3. The normalized spacial score (nSPS) is 23.0. The summed E-state index contributed by atoms with van der Waals surface area (Å²) in [5.74, 6) is 0. The third-order valence-corrected chi connectivity index (χ3v) is 5.75. The molecule has 6 heteroatoms. The second-order valence-corrected chi connectivity index (χ2v) is 7.51. The molecule has 1 saturated heterocycles. The lowest BCUT2D eigenvalue weighted by Crippen LogP contribution is -2.42. The number of hydrogen-bond donors (Lipinski definition) is 1. The summed E-state index contributed by atoms with van der Waals surface area (Å²) in [4.78, 5) is 16.1. The number of rotatable bonds is 2. The van der Waals surface area contributed by atoms with Gasteiger partial charge < -0.3 is 10.0 Å². The van der Waals surface area contributed by atoms with Crippen LogP contribution in [0.2, 0.25) is 0 Å². The van der Waals surface area contributed by atoms with Crippen molar-refractivity contribution < 1.29 is 9.90 Å². The van der Waals surface area contributed by atoms with Gasteiger partial charge in [-0.15, -0.1) is 5.10 Å². The van der Waals surface area contributed by atoms with Gasteiger partial charge in [-0.25, -0.2) is 4.79 Å². The van der Waals surface area contributed by atoms with Gasteiger partial charge in [-0.1, -0.05) is 54.4 Å². The molecule has 1 saturated carbocycles. The minimum absolute atomic E-state index is 0.0599. The van der Waals surface area contributed by atoms with Gasteiger partial charge in [-0.05, 0) is 37.7 Å². The summed E-state index contributed by atoms with van der Waals surface area (Å²) in [5.41, 5.74) is 0.745. The molecule has 0 radical (unpaired) electrons. The maximum absolute atomic E-state index is 13.1. The van der Waals surface area contributed by atoms with Crippen molar-refractivity contribution in [1.82, 2.24) is 19.9 Å². The molecule has 6 nitrogen and oxygen atoms in total. The number of carbonyl (C=O) groups excluding carboxylic acids is 1. The second-order valence-electron chi connectivity index (χ2n) is 7.51. The molecule has 4 rings (SSSR count). The van der Waals surface area contributed by atoms with Crippen LogP contribution in [0, 0.1) is 0 Å². The second kappa shape index (κ2) is 7.19. The Morgan fingerprint density at radius 1 is 1.08 bits per heavy atom. The molecule has 1 unspecified atom stereocenters. The van der Waals surface area contributed by atoms with E-state index in [-0.39, 0.29) is 12.1 Å². The van der Waals surface area contributed by atoms with E-state index in [2.05, 4.69) is 22.3 Å². The molecule has 1 aromatic heterocycles. The van der Waals surface area contributed by atoms with Gasteiger partial charge in [0.15, 0.2) is 0 Å². The first kappa shape index (κ1) is 17.2. The van der Waals surface area contributed by atoms with Gasteiger partial charge in [-0.2, -0.15) is 5.10 Å². The Bertz CT molecular complexity index is 752. The van der Waals surface area contributed by atoms with Crippen LogP contribution >= 0.6 is 0 Å². The largest absolute Gasteiger partial charge is 0.383 e. The van der Waals surface area contributed by atoms with Gasteiger partial charge in [0.2, 0.25) is 0 Å². The van der Waals surface area contributed by atoms with Crippen molar-refractivity contribution in [2.45, 2.75) is 63.0 Å². The number of piperidine rings is 1. The lowest BCUT2D eigenvalue weighted by Gasteiger charge is -2.35. The molecule has 1 aliphatic carbocycles. The van der Waals surface area contributed by atoms with E-state index in [0.29, 0.717) is 25.1 Å². The zero-order chi connectivity index (χ0) is 18.0. The molecule has 1 aromatic carbocycles. The first-order chi connectivity index (χ1) is 12.7. The van der Waals surface area contributed by atoms with Crippen molar-refractivity contribution in [3.8, 4) is 0 Å². The van der Waals surface area contributed by atoms with E-state index in [0.717, 1.165) is 44.1 Å². The van der Waals surface area contributed by atoms with E-state index >= 15 is 0 Å². The molecule has 2 fully saturated rings. The van der Waals surface area contributed by atoms with Gasteiger partial charge in [-0.3, -0.25) is 0 Å². The Hall–Kier alpha value is -2.21. The highest BCUT2D eigenvalue weighted by Crippen LogP contribution is 2.36. The van der Waals surface area contributed by atoms with E-state index in [1.54, 1.807) is 6.20 Å². The maximum Gasteiger partial charge on any atom is 0.362 e. The van der Waals surface area contributed by atoms with Crippen molar-refractivity contribution in [3.63, 3.8) is 0 Å². The Morgan fingerprint density at radius 3 is 2.62 bits per heavy atom. The Kier molecular flexibility index (Phi) is 4.76. The zero-order valence-corrected chi connectivity index (χ0v) is 15.0. The first-order valence-corrected chi connectivity index (χ1v) is 9.68. The molecule has 2 aliphatic rings. The Balaban J connectivity index is 1.56. The number of benzene rings is 1. The summed E-state index contributed by atoms with van der Waals surface area (Å²) in [7, 11) is 0. The van der Waals surface area contributed by atoms with Gasteiger partial charge in [0.25, 0.3) is 0 Å². The van der Waals surface area contributed by atoms with Gasteiger partial charge in [0.05, 0.1) is 12.2 Å². The average molecular weight is 354 g/mol. The number of amides is 1. The zero-order valence-electron chi connectivity index (χ0n) is 15.0. The number of hydrogen-bond acceptors (Lipinski definition) is 4. The SMILES string of the molecule is O=C(N1CCCCC1c1ccccc1)n1ncc(C2(O)CCCCC2)n1. The lowest BCUT2D eigenvalue weighted by atomic mass is 9.83. The molecule has 1 amide bonds. The molecule has 1 aliphatic heterocycles. The van der Waals surface area contributed by atoms with Crippen molar-refractivity contribution >= 4 is 6.03 Å². The highest BCUT2D eigenvalue weighted by Gasteiger charge is 2.36. The Labute approximate surface area is 153 Å². The van der Waals surface area contributed by atoms with E-state index in [1.165, 1.54) is 4.80 Å². The minimum Gasteiger partial charge on any atom is -0.383 e. The van der Waals surface area contributed by atoms with Crippen LogP contribution in [0.15, 0.2) is 36.5 Å². The molecule has 2 aromatic rings. The minimum atomic E-state index is -0.933. The van der Waals surface area contributed by atoms with E-state index in [1.807, 2.05) is 23.1 Å². The first-order valence-electron chi connectivity index (χ1n) is 9.68. The molecule has 1 N–H and O–H groups in total. The Morgan fingerprint density at radius 2 is 1.85 bits per heavy atom. The van der Waals surface area contributed by atoms with Crippen LogP contribution in [0.25, 0.3) is 0 Å². The van der Waals surface area contributed by atoms with Gasteiger partial charge in [0.1, 0.15) is 11.3 Å². The summed E-state index contributed by atoms with van der Waals surface area (Å²) < 4.78 is 0. The number of carbonyl (C=O) groups is 1. The topological polar surface area (TPSA) is 71.2 Å². The summed E-state index contributed by atoms with van der Waals surface area (Å²) in [5, 5.41) is 19.4. The summed E-state index contributed by atoms with van der Waals surface area (Å²) in [6.45, 7) is 0.708. The van der Waals surface area contributed by atoms with Crippen LogP contribution in [-0.2, 0) is 5.60 Å². The smallest absolute Gasteiger partial charge is 0.362 e. The predicted molar refractivity (Wildman–Crippen MR) is 97.5 cm³/mol. The monoisotopic (exact) mass is 354 g/mol. The van der Waals surface area contributed by atoms with Gasteiger partial charge in [0, 0.05) is 6.54 Å². The summed E-state index contributed by atoms with van der Waals surface area (Å²) in [6.07, 6.45) is 9.11. The molecule has 26 heavy (non-hydrogen) atoms. The third kappa shape index (κ3) is 3.26. The van der Waals surface area contributed by atoms with E-state index in [4.69, 9.17) is 0 Å². The van der Waals surface area contributed by atoms with E-state index in [9.17, 15) is 9.90 Å². The number of aliphatic hydroxyl groups is 1. The maximum atomic E-state index is 13.1. The quantitative estimate of drug-likeness (QED) is 0.894. The van der Waals surface area contributed by atoms with Crippen molar-refractivity contribution in [3.05, 3.63) is 47.8 Å². The molecule has 138 valence electrons. The number of likely N-dealkylation sites (tertiary alicyclic amines) is 1. The molecule has 0 bridgehead atoms. The standard InChI is InChI=1S/C20H26N4O2/c25-19(23-14-8-5-11-17(23)16-9-3-1-4-10-16)24-21-15-18(22-24)20(26)12-6-2-7-13-20/h1,3-4,9-10,15,17,26H,2,5-8,11-14H2. The summed E-state index contributed by atoms with van der Waals surface area (Å²) in [6, 6.07) is 10.0. The molecule has 2 heterocycles.